The molecule has 4 rings (SSSR count). The molecule has 7 heteroatoms. The lowest BCUT2D eigenvalue weighted by Crippen LogP contribution is -2.22. The molecule has 2 heterocycles. The number of amides is 1. The van der Waals surface area contributed by atoms with Gasteiger partial charge in [-0.1, -0.05) is 30.3 Å². The van der Waals surface area contributed by atoms with Gasteiger partial charge in [-0.3, -0.25) is 14.3 Å². The number of rotatable bonds is 5. The highest BCUT2D eigenvalue weighted by molar-refractivity contribution is 7.16. The first-order valence-corrected chi connectivity index (χ1v) is 10.4. The second-order valence-corrected chi connectivity index (χ2v) is 8.08. The molecule has 1 amide bonds. The van der Waals surface area contributed by atoms with Crippen molar-refractivity contribution in [1.82, 2.24) is 9.36 Å². The Kier molecular flexibility index (Phi) is 5.68. The maximum atomic E-state index is 13.1. The summed E-state index contributed by atoms with van der Waals surface area (Å²) >= 11 is 1.49. The summed E-state index contributed by atoms with van der Waals surface area (Å²) in [6, 6.07) is 19.4. The molecule has 0 fully saturated rings. The van der Waals surface area contributed by atoms with Gasteiger partial charge < -0.3 is 5.32 Å². The van der Waals surface area contributed by atoms with Crippen molar-refractivity contribution in [3.05, 3.63) is 99.5 Å². The molecule has 5 nitrogen and oxygen atoms in total. The van der Waals surface area contributed by atoms with E-state index in [-0.39, 0.29) is 23.0 Å². The summed E-state index contributed by atoms with van der Waals surface area (Å²) < 4.78 is 16.3. The van der Waals surface area contributed by atoms with Crippen LogP contribution in [0.3, 0.4) is 0 Å². The van der Waals surface area contributed by atoms with Crippen LogP contribution in [-0.2, 0) is 11.8 Å². The SMILES string of the molecule is Cc1c(NC(=O)/C=C/c2ccc(-c3ccc(F)cc3)s2)c(=O)n(-c2ccccc2)n1C. The summed E-state index contributed by atoms with van der Waals surface area (Å²) in [5.74, 6) is -0.664. The fraction of sp³-hybridized carbons (Fsp3) is 0.0833. The first-order valence-electron chi connectivity index (χ1n) is 9.63. The van der Waals surface area contributed by atoms with Crippen molar-refractivity contribution in [2.45, 2.75) is 6.92 Å². The number of aromatic nitrogens is 2. The zero-order chi connectivity index (χ0) is 22.0. The highest BCUT2D eigenvalue weighted by atomic mass is 32.1. The highest BCUT2D eigenvalue weighted by Gasteiger charge is 2.17. The summed E-state index contributed by atoms with van der Waals surface area (Å²) in [7, 11) is 1.78. The molecular weight excluding hydrogens is 413 g/mol. The fourth-order valence-electron chi connectivity index (χ4n) is 3.25. The number of benzene rings is 2. The van der Waals surface area contributed by atoms with Crippen molar-refractivity contribution in [2.24, 2.45) is 7.05 Å². The van der Waals surface area contributed by atoms with E-state index in [2.05, 4.69) is 5.32 Å². The Morgan fingerprint density at radius 1 is 1.03 bits per heavy atom. The fourth-order valence-corrected chi connectivity index (χ4v) is 4.16. The summed E-state index contributed by atoms with van der Waals surface area (Å²) in [4.78, 5) is 27.2. The topological polar surface area (TPSA) is 56.0 Å². The van der Waals surface area contributed by atoms with Gasteiger partial charge in [0.05, 0.1) is 11.4 Å². The predicted molar refractivity (Wildman–Crippen MR) is 123 cm³/mol. The number of hydrogen-bond donors (Lipinski definition) is 1. The van der Waals surface area contributed by atoms with Gasteiger partial charge in [-0.25, -0.2) is 9.07 Å². The molecule has 4 aromatic rings. The Morgan fingerprint density at radius 3 is 2.45 bits per heavy atom. The van der Waals surface area contributed by atoms with Crippen molar-refractivity contribution < 1.29 is 9.18 Å². The quantitative estimate of drug-likeness (QED) is 0.450. The molecule has 0 saturated heterocycles. The van der Waals surface area contributed by atoms with Crippen LogP contribution in [0.4, 0.5) is 10.1 Å². The Balaban J connectivity index is 1.51. The lowest BCUT2D eigenvalue weighted by molar-refractivity contribution is -0.111. The number of hydrogen-bond acceptors (Lipinski definition) is 3. The zero-order valence-corrected chi connectivity index (χ0v) is 17.8. The van der Waals surface area contributed by atoms with E-state index in [4.69, 9.17) is 0 Å². The lowest BCUT2D eigenvalue weighted by Gasteiger charge is -2.07. The van der Waals surface area contributed by atoms with E-state index in [1.54, 1.807) is 36.9 Å². The van der Waals surface area contributed by atoms with E-state index in [1.807, 2.05) is 42.5 Å². The standard InChI is InChI=1S/C24H20FN3O2S/c1-16-23(24(30)28(27(16)2)19-6-4-3-5-7-19)26-22(29)15-13-20-12-14-21(31-20)17-8-10-18(25)11-9-17/h3-15H,1-2H3,(H,26,29)/b15-13+. The van der Waals surface area contributed by atoms with Crippen molar-refractivity contribution in [1.29, 1.82) is 0 Å². The van der Waals surface area contributed by atoms with Gasteiger partial charge in [-0.15, -0.1) is 11.3 Å². The maximum Gasteiger partial charge on any atom is 0.295 e. The van der Waals surface area contributed by atoms with Crippen molar-refractivity contribution in [3.63, 3.8) is 0 Å². The molecule has 0 radical (unpaired) electrons. The van der Waals surface area contributed by atoms with E-state index in [9.17, 15) is 14.0 Å². The van der Waals surface area contributed by atoms with E-state index in [1.165, 1.54) is 34.2 Å². The van der Waals surface area contributed by atoms with Crippen LogP contribution in [-0.4, -0.2) is 15.3 Å². The van der Waals surface area contributed by atoms with Crippen LogP contribution in [0.15, 0.2) is 77.6 Å². The number of para-hydroxylation sites is 1. The van der Waals surface area contributed by atoms with Gasteiger partial charge in [0.15, 0.2) is 0 Å². The van der Waals surface area contributed by atoms with E-state index < -0.39 is 0 Å². The molecule has 0 spiro atoms. The highest BCUT2D eigenvalue weighted by Crippen LogP contribution is 2.29. The van der Waals surface area contributed by atoms with Gasteiger partial charge in [0, 0.05) is 22.9 Å². The van der Waals surface area contributed by atoms with E-state index >= 15 is 0 Å². The zero-order valence-electron chi connectivity index (χ0n) is 17.0. The molecule has 156 valence electrons. The van der Waals surface area contributed by atoms with Crippen LogP contribution >= 0.6 is 11.3 Å². The Morgan fingerprint density at radius 2 is 1.74 bits per heavy atom. The monoisotopic (exact) mass is 433 g/mol. The third-order valence-corrected chi connectivity index (χ3v) is 6.06. The molecule has 0 aliphatic heterocycles. The van der Waals surface area contributed by atoms with Crippen LogP contribution in [0.1, 0.15) is 10.6 Å². The van der Waals surface area contributed by atoms with Gasteiger partial charge in [-0.2, -0.15) is 0 Å². The first kappa shape index (κ1) is 20.6. The summed E-state index contributed by atoms with van der Waals surface area (Å²) in [6.45, 7) is 1.79. The number of halogens is 1. The predicted octanol–water partition coefficient (Wildman–Crippen LogP) is 5.00. The lowest BCUT2D eigenvalue weighted by atomic mass is 10.2. The molecule has 2 aromatic carbocycles. The largest absolute Gasteiger partial charge is 0.316 e. The van der Waals surface area contributed by atoms with Gasteiger partial charge >= 0.3 is 0 Å². The molecule has 31 heavy (non-hydrogen) atoms. The molecule has 1 N–H and O–H groups in total. The smallest absolute Gasteiger partial charge is 0.295 e. The van der Waals surface area contributed by atoms with Gasteiger partial charge in [-0.05, 0) is 55.0 Å². The maximum absolute atomic E-state index is 13.1. The van der Waals surface area contributed by atoms with Crippen molar-refractivity contribution >= 4 is 29.0 Å². The summed E-state index contributed by atoms with van der Waals surface area (Å²) in [5, 5.41) is 2.71. The number of nitrogens with one attached hydrogen (secondary N) is 1. The molecule has 0 aliphatic rings. The molecular formula is C24H20FN3O2S. The van der Waals surface area contributed by atoms with E-state index in [0.29, 0.717) is 5.69 Å². The van der Waals surface area contributed by atoms with Crippen LogP contribution < -0.4 is 10.9 Å². The number of thiophene rings is 1. The van der Waals surface area contributed by atoms with Crippen molar-refractivity contribution in [3.8, 4) is 16.1 Å². The molecule has 0 aliphatic carbocycles. The van der Waals surface area contributed by atoms with Crippen LogP contribution in [0.2, 0.25) is 0 Å². The Bertz CT molecular complexity index is 1320. The van der Waals surface area contributed by atoms with Crippen molar-refractivity contribution in [2.75, 3.05) is 5.32 Å². The molecule has 0 saturated carbocycles. The molecule has 0 atom stereocenters. The number of carbonyl (C=O) groups is 1. The Hall–Kier alpha value is -3.71. The molecule has 2 aromatic heterocycles. The van der Waals surface area contributed by atoms with Gasteiger partial charge in [0.2, 0.25) is 5.91 Å². The first-order chi connectivity index (χ1) is 14.9. The van der Waals surface area contributed by atoms with E-state index in [0.717, 1.165) is 21.0 Å². The average Bonchev–Trinajstić information content (AvgIpc) is 3.33. The van der Waals surface area contributed by atoms with Gasteiger partial charge in [0.1, 0.15) is 11.5 Å². The molecule has 0 bridgehead atoms. The second-order valence-electron chi connectivity index (χ2n) is 6.97. The average molecular weight is 434 g/mol. The summed E-state index contributed by atoms with van der Waals surface area (Å²) in [6.07, 6.45) is 3.10. The van der Waals surface area contributed by atoms with Crippen LogP contribution in [0.25, 0.3) is 22.2 Å². The van der Waals surface area contributed by atoms with Crippen LogP contribution in [0, 0.1) is 12.7 Å². The minimum absolute atomic E-state index is 0.249. The third-order valence-electron chi connectivity index (χ3n) is 4.96. The normalized spacial score (nSPS) is 11.2. The Labute approximate surface area is 182 Å². The summed E-state index contributed by atoms with van der Waals surface area (Å²) in [5.41, 5.74) is 2.25. The van der Waals surface area contributed by atoms with Crippen LogP contribution in [0.5, 0.6) is 0 Å². The minimum atomic E-state index is -0.386. The molecule has 0 unspecified atom stereocenters. The van der Waals surface area contributed by atoms with Gasteiger partial charge in [0.25, 0.3) is 5.56 Å². The third kappa shape index (κ3) is 4.27. The number of carbonyl (C=O) groups excluding carboxylic acids is 1. The number of anilines is 1. The number of nitrogens with zero attached hydrogens (tertiary/aromatic N) is 2. The second kappa shape index (κ2) is 8.57. The minimum Gasteiger partial charge on any atom is -0.316 e.